The lowest BCUT2D eigenvalue weighted by molar-refractivity contribution is -0.121. The summed E-state index contributed by atoms with van der Waals surface area (Å²) in [5.41, 5.74) is 6.57. The lowest BCUT2D eigenvalue weighted by atomic mass is 10.1. The molecule has 3 N–H and O–H groups in total. The first kappa shape index (κ1) is 14.5. The molecule has 0 saturated heterocycles. The zero-order valence-electron chi connectivity index (χ0n) is 11.1. The van der Waals surface area contributed by atoms with Gasteiger partial charge in [-0.25, -0.2) is 0 Å². The van der Waals surface area contributed by atoms with Crippen molar-refractivity contribution in [3.63, 3.8) is 0 Å². The fourth-order valence-corrected chi connectivity index (χ4v) is 1.53. The first-order valence-corrected chi connectivity index (χ1v) is 6.25. The topological polar surface area (TPSA) is 64.3 Å². The molecule has 0 heterocycles. The fraction of sp³-hybridized carbons (Fsp3) is 0.500. The Balaban J connectivity index is 2.29. The van der Waals surface area contributed by atoms with Gasteiger partial charge in [0.05, 0.1) is 7.11 Å². The molecule has 0 aromatic heterocycles. The quantitative estimate of drug-likeness (QED) is 0.774. The van der Waals surface area contributed by atoms with E-state index in [1.807, 2.05) is 24.3 Å². The van der Waals surface area contributed by atoms with Crippen LogP contribution in [0.5, 0.6) is 5.75 Å². The number of rotatable bonds is 7. The average Bonchev–Trinajstić information content (AvgIpc) is 2.42. The number of carbonyl (C=O) groups excluding carboxylic acids is 1. The largest absolute Gasteiger partial charge is 0.497 e. The fourth-order valence-electron chi connectivity index (χ4n) is 1.53. The Hall–Kier alpha value is -1.55. The summed E-state index contributed by atoms with van der Waals surface area (Å²) in [5, 5.41) is 2.90. The number of amides is 1. The van der Waals surface area contributed by atoms with Crippen LogP contribution in [0.1, 0.15) is 25.3 Å². The highest BCUT2D eigenvalue weighted by Crippen LogP contribution is 2.11. The smallest absolute Gasteiger partial charge is 0.220 e. The minimum absolute atomic E-state index is 0.0751. The van der Waals surface area contributed by atoms with Crippen molar-refractivity contribution in [3.05, 3.63) is 29.8 Å². The monoisotopic (exact) mass is 250 g/mol. The second kappa shape index (κ2) is 7.71. The summed E-state index contributed by atoms with van der Waals surface area (Å²) in [6.45, 7) is 3.24. The Morgan fingerprint density at radius 2 is 2.06 bits per heavy atom. The van der Waals surface area contributed by atoms with Crippen LogP contribution >= 0.6 is 0 Å². The van der Waals surface area contributed by atoms with Crippen LogP contribution in [0.3, 0.4) is 0 Å². The van der Waals surface area contributed by atoms with Crippen molar-refractivity contribution in [2.45, 2.75) is 26.3 Å². The molecule has 0 saturated carbocycles. The van der Waals surface area contributed by atoms with Gasteiger partial charge in [0, 0.05) is 13.0 Å². The highest BCUT2D eigenvalue weighted by molar-refractivity contribution is 5.75. The molecule has 1 atom stereocenters. The van der Waals surface area contributed by atoms with Gasteiger partial charge >= 0.3 is 0 Å². The van der Waals surface area contributed by atoms with Gasteiger partial charge in [0.1, 0.15) is 5.75 Å². The molecule has 0 aliphatic rings. The third-order valence-corrected chi connectivity index (χ3v) is 2.92. The molecule has 0 bridgehead atoms. The van der Waals surface area contributed by atoms with E-state index in [0.29, 0.717) is 25.4 Å². The minimum Gasteiger partial charge on any atom is -0.497 e. The van der Waals surface area contributed by atoms with Gasteiger partial charge in [0.25, 0.3) is 0 Å². The van der Waals surface area contributed by atoms with Gasteiger partial charge < -0.3 is 15.8 Å². The molecule has 1 rings (SSSR count). The number of nitrogens with one attached hydrogen (secondary N) is 1. The van der Waals surface area contributed by atoms with Crippen molar-refractivity contribution in [1.29, 1.82) is 0 Å². The summed E-state index contributed by atoms with van der Waals surface area (Å²) in [7, 11) is 1.63. The van der Waals surface area contributed by atoms with Gasteiger partial charge in [-0.3, -0.25) is 4.79 Å². The average molecular weight is 250 g/mol. The van der Waals surface area contributed by atoms with E-state index in [0.717, 1.165) is 17.7 Å². The summed E-state index contributed by atoms with van der Waals surface area (Å²) < 4.78 is 5.07. The normalized spacial score (nSPS) is 11.9. The second-order valence-electron chi connectivity index (χ2n) is 4.50. The molecule has 0 radical (unpaired) electrons. The number of ether oxygens (including phenoxy) is 1. The van der Waals surface area contributed by atoms with Gasteiger partial charge in [-0.2, -0.15) is 0 Å². The third kappa shape index (κ3) is 5.19. The molecule has 0 spiro atoms. The van der Waals surface area contributed by atoms with E-state index in [9.17, 15) is 4.79 Å². The van der Waals surface area contributed by atoms with E-state index in [2.05, 4.69) is 12.2 Å². The highest BCUT2D eigenvalue weighted by Gasteiger charge is 2.05. The maximum Gasteiger partial charge on any atom is 0.220 e. The molecule has 0 aliphatic heterocycles. The Morgan fingerprint density at radius 3 is 2.61 bits per heavy atom. The zero-order chi connectivity index (χ0) is 13.4. The van der Waals surface area contributed by atoms with Crippen molar-refractivity contribution in [1.82, 2.24) is 5.32 Å². The molecule has 1 unspecified atom stereocenters. The summed E-state index contributed by atoms with van der Waals surface area (Å²) in [4.78, 5) is 11.6. The maximum absolute atomic E-state index is 11.6. The summed E-state index contributed by atoms with van der Waals surface area (Å²) in [6.07, 6.45) is 1.37. The van der Waals surface area contributed by atoms with Crippen LogP contribution in [0.25, 0.3) is 0 Å². The lowest BCUT2D eigenvalue weighted by Gasteiger charge is -2.09. The zero-order valence-corrected chi connectivity index (χ0v) is 11.1. The number of nitrogens with two attached hydrogens (primary N) is 1. The summed E-state index contributed by atoms with van der Waals surface area (Å²) in [5.74, 6) is 1.30. The second-order valence-corrected chi connectivity index (χ2v) is 4.50. The highest BCUT2D eigenvalue weighted by atomic mass is 16.5. The van der Waals surface area contributed by atoms with E-state index < -0.39 is 0 Å². The Labute approximate surface area is 109 Å². The van der Waals surface area contributed by atoms with E-state index >= 15 is 0 Å². The first-order valence-electron chi connectivity index (χ1n) is 6.25. The van der Waals surface area contributed by atoms with Gasteiger partial charge in [0.15, 0.2) is 0 Å². The van der Waals surface area contributed by atoms with Crippen molar-refractivity contribution < 1.29 is 9.53 Å². The van der Waals surface area contributed by atoms with Crippen molar-refractivity contribution in [2.75, 3.05) is 13.7 Å². The van der Waals surface area contributed by atoms with Crippen LogP contribution in [-0.4, -0.2) is 19.6 Å². The molecular weight excluding hydrogens is 228 g/mol. The molecule has 0 aliphatic carbocycles. The number of benzene rings is 1. The summed E-state index contributed by atoms with van der Waals surface area (Å²) in [6, 6.07) is 7.67. The predicted octanol–water partition coefficient (Wildman–Crippen LogP) is 1.69. The van der Waals surface area contributed by atoms with Crippen LogP contribution in [-0.2, 0) is 11.3 Å². The number of carbonyl (C=O) groups is 1. The minimum atomic E-state index is 0.0751. The molecule has 0 fully saturated rings. The van der Waals surface area contributed by atoms with Gasteiger partial charge in [0.2, 0.25) is 5.91 Å². The first-order chi connectivity index (χ1) is 8.65. The molecular formula is C14H22N2O2. The Kier molecular flexibility index (Phi) is 6.22. The maximum atomic E-state index is 11.6. The van der Waals surface area contributed by atoms with E-state index in [4.69, 9.17) is 10.5 Å². The van der Waals surface area contributed by atoms with Gasteiger partial charge in [-0.15, -0.1) is 0 Å². The molecule has 1 aromatic rings. The van der Waals surface area contributed by atoms with Crippen LogP contribution in [0, 0.1) is 5.92 Å². The molecule has 1 aromatic carbocycles. The predicted molar refractivity (Wildman–Crippen MR) is 72.3 cm³/mol. The van der Waals surface area contributed by atoms with Crippen LogP contribution in [0.15, 0.2) is 24.3 Å². The van der Waals surface area contributed by atoms with Gasteiger partial charge in [-0.1, -0.05) is 19.1 Å². The molecule has 4 heteroatoms. The van der Waals surface area contributed by atoms with Crippen LogP contribution in [0.4, 0.5) is 0 Å². The molecule has 18 heavy (non-hydrogen) atoms. The van der Waals surface area contributed by atoms with E-state index in [1.165, 1.54) is 0 Å². The molecule has 1 amide bonds. The number of methoxy groups -OCH3 is 1. The van der Waals surface area contributed by atoms with Crippen LogP contribution < -0.4 is 15.8 Å². The molecule has 100 valence electrons. The van der Waals surface area contributed by atoms with E-state index in [-0.39, 0.29) is 5.91 Å². The third-order valence-electron chi connectivity index (χ3n) is 2.92. The van der Waals surface area contributed by atoms with Crippen LogP contribution in [0.2, 0.25) is 0 Å². The Morgan fingerprint density at radius 1 is 1.39 bits per heavy atom. The Bertz CT molecular complexity index is 363. The van der Waals surface area contributed by atoms with Crippen molar-refractivity contribution >= 4 is 5.91 Å². The number of hydrogen-bond acceptors (Lipinski definition) is 3. The summed E-state index contributed by atoms with van der Waals surface area (Å²) >= 11 is 0. The van der Waals surface area contributed by atoms with Crippen molar-refractivity contribution in [3.8, 4) is 5.75 Å². The van der Waals surface area contributed by atoms with Gasteiger partial charge in [-0.05, 0) is 36.6 Å². The molecule has 4 nitrogen and oxygen atoms in total. The number of hydrogen-bond donors (Lipinski definition) is 2. The standard InChI is InChI=1S/C14H22N2O2/c1-11(9-15)3-8-14(17)16-10-12-4-6-13(18-2)7-5-12/h4-7,11H,3,8-10,15H2,1-2H3,(H,16,17). The lowest BCUT2D eigenvalue weighted by Crippen LogP contribution is -2.23. The SMILES string of the molecule is COc1ccc(CNC(=O)CCC(C)CN)cc1. The van der Waals surface area contributed by atoms with E-state index in [1.54, 1.807) is 7.11 Å². The van der Waals surface area contributed by atoms with Crippen molar-refractivity contribution in [2.24, 2.45) is 11.7 Å².